The van der Waals surface area contributed by atoms with E-state index in [1.54, 1.807) is 18.2 Å². The third-order valence-electron chi connectivity index (χ3n) is 1.91. The molecule has 1 heteroatoms. The molecule has 1 rings (SSSR count). The minimum atomic E-state index is 0.0599. The number of hydrogen-bond donors (Lipinski definition) is 0. The van der Waals surface area contributed by atoms with Gasteiger partial charge >= 0.3 is 0 Å². The lowest BCUT2D eigenvalue weighted by Crippen LogP contribution is -1.90. The highest BCUT2D eigenvalue weighted by Gasteiger charge is 2.01. The Labute approximate surface area is 79.0 Å². The van der Waals surface area contributed by atoms with Crippen molar-refractivity contribution in [2.45, 2.75) is 12.8 Å². The molecule has 0 fully saturated rings. The number of allylic oxidation sites excluding steroid dienone is 2. The Bertz CT molecular complexity index is 313. The molecule has 13 heavy (non-hydrogen) atoms. The van der Waals surface area contributed by atoms with E-state index in [1.165, 1.54) is 0 Å². The first-order chi connectivity index (χ1) is 6.27. The van der Waals surface area contributed by atoms with Gasteiger partial charge in [0.15, 0.2) is 5.75 Å². The van der Waals surface area contributed by atoms with Crippen LogP contribution in [0.3, 0.4) is 0 Å². The van der Waals surface area contributed by atoms with Gasteiger partial charge in [-0.2, -0.15) is 0 Å². The van der Waals surface area contributed by atoms with Gasteiger partial charge in [0.1, 0.15) is 0 Å². The van der Waals surface area contributed by atoms with Crippen molar-refractivity contribution in [1.82, 2.24) is 0 Å². The Morgan fingerprint density at radius 2 is 1.69 bits per heavy atom. The zero-order valence-corrected chi connectivity index (χ0v) is 7.62. The van der Waals surface area contributed by atoms with Crippen molar-refractivity contribution < 1.29 is 5.11 Å². The van der Waals surface area contributed by atoms with Crippen LogP contribution in [0.25, 0.3) is 0 Å². The Balaban J connectivity index is 3.01. The van der Waals surface area contributed by atoms with Crippen molar-refractivity contribution in [3.63, 3.8) is 0 Å². The lowest BCUT2D eigenvalue weighted by Gasteiger charge is -2.04. The molecule has 0 aliphatic rings. The molecule has 67 valence electrons. The Kier molecular flexibility index (Phi) is 3.32. The van der Waals surface area contributed by atoms with Gasteiger partial charge in [0.25, 0.3) is 0 Å². The number of rotatable bonds is 4. The smallest absolute Gasteiger partial charge is 0.178 e. The van der Waals surface area contributed by atoms with Gasteiger partial charge in [-0.1, -0.05) is 18.2 Å². The second kappa shape index (κ2) is 4.51. The van der Waals surface area contributed by atoms with E-state index in [1.807, 2.05) is 12.1 Å². The molecule has 1 aromatic carbocycles. The summed E-state index contributed by atoms with van der Waals surface area (Å²) in [6.07, 6.45) is 5.20. The van der Waals surface area contributed by atoms with E-state index in [-0.39, 0.29) is 5.75 Å². The molecule has 0 aliphatic heterocycles. The molecule has 0 unspecified atom stereocenters. The van der Waals surface area contributed by atoms with E-state index in [9.17, 15) is 5.11 Å². The Morgan fingerprint density at radius 3 is 2.31 bits per heavy atom. The summed E-state index contributed by atoms with van der Waals surface area (Å²) in [6.45, 7) is 7.33. The molecule has 0 atom stereocenters. The maximum absolute atomic E-state index is 11.1. The third-order valence-corrected chi connectivity index (χ3v) is 1.91. The molecule has 0 saturated heterocycles. The van der Waals surface area contributed by atoms with Crippen LogP contribution in [0.5, 0.6) is 5.75 Å². The van der Waals surface area contributed by atoms with Crippen LogP contribution in [0.2, 0.25) is 0 Å². The van der Waals surface area contributed by atoms with Gasteiger partial charge in [0.2, 0.25) is 0 Å². The molecule has 0 heterocycles. The van der Waals surface area contributed by atoms with Crippen molar-refractivity contribution >= 4 is 0 Å². The number of benzene rings is 1. The summed E-state index contributed by atoms with van der Waals surface area (Å²) < 4.78 is 0. The third kappa shape index (κ3) is 2.48. The Hall–Kier alpha value is -1.50. The van der Waals surface area contributed by atoms with Gasteiger partial charge in [0, 0.05) is 0 Å². The van der Waals surface area contributed by atoms with E-state index < -0.39 is 0 Å². The van der Waals surface area contributed by atoms with Crippen molar-refractivity contribution in [2.24, 2.45) is 0 Å². The van der Waals surface area contributed by atoms with E-state index >= 15 is 0 Å². The molecule has 0 amide bonds. The van der Waals surface area contributed by atoms with Gasteiger partial charge < -0.3 is 0 Å². The monoisotopic (exact) mass is 173 g/mol. The molecule has 0 aromatic heterocycles. The normalized spacial score (nSPS) is 9.54. The fourth-order valence-electron chi connectivity index (χ4n) is 1.30. The molecule has 0 spiro atoms. The maximum atomic E-state index is 11.1. The average molecular weight is 173 g/mol. The first kappa shape index (κ1) is 9.59. The highest BCUT2D eigenvalue weighted by atomic mass is 16.3. The summed E-state index contributed by atoms with van der Waals surface area (Å²) in [4.78, 5) is 0. The first-order valence-electron chi connectivity index (χ1n) is 4.28. The van der Waals surface area contributed by atoms with Crippen molar-refractivity contribution in [3.05, 3.63) is 54.6 Å². The molecule has 1 aromatic rings. The van der Waals surface area contributed by atoms with Crippen molar-refractivity contribution in [3.8, 4) is 5.75 Å². The van der Waals surface area contributed by atoms with Gasteiger partial charge in [-0.3, -0.25) is 5.11 Å². The first-order valence-corrected chi connectivity index (χ1v) is 4.28. The molecular weight excluding hydrogens is 160 g/mol. The minimum Gasteiger partial charge on any atom is -0.290 e. The van der Waals surface area contributed by atoms with Crippen LogP contribution in [-0.2, 0) is 17.9 Å². The fourth-order valence-corrected chi connectivity index (χ4v) is 1.30. The van der Waals surface area contributed by atoms with E-state index in [0.29, 0.717) is 0 Å². The maximum Gasteiger partial charge on any atom is 0.178 e. The van der Waals surface area contributed by atoms with Crippen LogP contribution in [0.4, 0.5) is 0 Å². The lowest BCUT2D eigenvalue weighted by molar-refractivity contribution is 0.354. The molecule has 0 aliphatic carbocycles. The standard InChI is InChI=1S/C12H13O/c1-3-5-10-7-8-12(13)9-11(10)6-4-2/h3-4,7-9H,1-2,5-6H2. The van der Waals surface area contributed by atoms with Crippen LogP contribution in [-0.4, -0.2) is 0 Å². The molecular formula is C12H13O. The fraction of sp³-hybridized carbons (Fsp3) is 0.167. The van der Waals surface area contributed by atoms with Crippen LogP contribution >= 0.6 is 0 Å². The quantitative estimate of drug-likeness (QED) is 0.623. The largest absolute Gasteiger partial charge is 0.290 e. The van der Waals surface area contributed by atoms with Crippen molar-refractivity contribution in [1.29, 1.82) is 0 Å². The van der Waals surface area contributed by atoms with Crippen LogP contribution in [0.15, 0.2) is 43.5 Å². The lowest BCUT2D eigenvalue weighted by atomic mass is 10.0. The predicted molar refractivity (Wildman–Crippen MR) is 54.4 cm³/mol. The van der Waals surface area contributed by atoms with Crippen LogP contribution in [0, 0.1) is 0 Å². The average Bonchev–Trinajstić information content (AvgIpc) is 2.10. The van der Waals surface area contributed by atoms with Crippen molar-refractivity contribution in [2.75, 3.05) is 0 Å². The molecule has 0 saturated carbocycles. The summed E-state index contributed by atoms with van der Waals surface area (Å²) in [5, 5.41) is 11.1. The molecule has 0 N–H and O–H groups in total. The SMILES string of the molecule is C=CCc1ccc([O])cc1CC=C. The highest BCUT2D eigenvalue weighted by molar-refractivity contribution is 5.36. The topological polar surface area (TPSA) is 19.9 Å². The molecule has 1 nitrogen and oxygen atoms in total. The zero-order valence-electron chi connectivity index (χ0n) is 7.62. The van der Waals surface area contributed by atoms with Gasteiger partial charge in [-0.05, 0) is 36.1 Å². The van der Waals surface area contributed by atoms with E-state index in [0.717, 1.165) is 24.0 Å². The van der Waals surface area contributed by atoms with E-state index in [2.05, 4.69) is 13.2 Å². The Morgan fingerprint density at radius 1 is 1.08 bits per heavy atom. The zero-order chi connectivity index (χ0) is 9.68. The summed E-state index contributed by atoms with van der Waals surface area (Å²) in [6, 6.07) is 5.12. The van der Waals surface area contributed by atoms with Gasteiger partial charge in [0.05, 0.1) is 0 Å². The predicted octanol–water partition coefficient (Wildman–Crippen LogP) is 3.29. The summed E-state index contributed by atoms with van der Waals surface area (Å²) in [5.74, 6) is 0.0599. The van der Waals surface area contributed by atoms with Crippen LogP contribution < -0.4 is 0 Å². The molecule has 1 radical (unpaired) electrons. The second-order valence-electron chi connectivity index (χ2n) is 2.92. The highest BCUT2D eigenvalue weighted by Crippen LogP contribution is 2.18. The summed E-state index contributed by atoms with van der Waals surface area (Å²) in [7, 11) is 0. The summed E-state index contributed by atoms with van der Waals surface area (Å²) in [5.41, 5.74) is 2.22. The van der Waals surface area contributed by atoms with Gasteiger partial charge in [-0.25, -0.2) is 0 Å². The minimum absolute atomic E-state index is 0.0599. The van der Waals surface area contributed by atoms with E-state index in [4.69, 9.17) is 0 Å². The van der Waals surface area contributed by atoms with Crippen LogP contribution in [0.1, 0.15) is 11.1 Å². The second-order valence-corrected chi connectivity index (χ2v) is 2.92. The summed E-state index contributed by atoms with van der Waals surface area (Å²) >= 11 is 0. The van der Waals surface area contributed by atoms with Gasteiger partial charge in [-0.15, -0.1) is 13.2 Å². The molecule has 0 bridgehead atoms. The number of hydrogen-bond acceptors (Lipinski definition) is 0.